The summed E-state index contributed by atoms with van der Waals surface area (Å²) in [4.78, 5) is 17.0. The van der Waals surface area contributed by atoms with Crippen LogP contribution in [0.5, 0.6) is 0 Å². The lowest BCUT2D eigenvalue weighted by Crippen LogP contribution is -2.20. The predicted octanol–water partition coefficient (Wildman–Crippen LogP) is 5.79. The van der Waals surface area contributed by atoms with Gasteiger partial charge in [-0.3, -0.25) is 9.89 Å². The topological polar surface area (TPSA) is 53.6 Å². The number of nitrogens with one attached hydrogen (secondary N) is 2. The van der Waals surface area contributed by atoms with Crippen LogP contribution in [0.2, 0.25) is 5.02 Å². The minimum atomic E-state index is -0.302. The van der Waals surface area contributed by atoms with Gasteiger partial charge < -0.3 is 4.98 Å². The second kappa shape index (κ2) is 7.39. The number of benzene rings is 3. The van der Waals surface area contributed by atoms with Crippen LogP contribution in [0.3, 0.4) is 0 Å². The average molecular weight is 414 g/mol. The molecule has 0 radical (unpaired) electrons. The zero-order valence-electron chi connectivity index (χ0n) is 16.4. The van der Waals surface area contributed by atoms with Gasteiger partial charge in [0.15, 0.2) is 0 Å². The number of fused-ring (bicyclic) bond motifs is 1. The molecule has 3 aromatic carbocycles. The Morgan fingerprint density at radius 3 is 2.37 bits per heavy atom. The second-order valence-electron chi connectivity index (χ2n) is 7.37. The van der Waals surface area contributed by atoms with Gasteiger partial charge in [0.05, 0.1) is 11.3 Å². The Balaban J connectivity index is 1.80. The van der Waals surface area contributed by atoms with E-state index in [1.165, 1.54) is 0 Å². The highest BCUT2D eigenvalue weighted by molar-refractivity contribution is 6.31. The van der Waals surface area contributed by atoms with Crippen molar-refractivity contribution in [3.05, 3.63) is 123 Å². The molecule has 5 heteroatoms. The molecule has 0 saturated heterocycles. The molecule has 0 aliphatic carbocycles. The molecular formula is C25H20ClN3O. The molecular weight excluding hydrogens is 394 g/mol. The highest BCUT2D eigenvalue weighted by atomic mass is 35.5. The molecule has 0 spiro atoms. The molecule has 0 aliphatic rings. The van der Waals surface area contributed by atoms with Gasteiger partial charge in [-0.2, -0.15) is 0 Å². The maximum Gasteiger partial charge on any atom is 0.275 e. The molecule has 30 heavy (non-hydrogen) atoms. The summed E-state index contributed by atoms with van der Waals surface area (Å²) < 4.78 is 1.60. The Labute approximate surface area is 178 Å². The fourth-order valence-electron chi connectivity index (χ4n) is 4.18. The van der Waals surface area contributed by atoms with Crippen LogP contribution in [0.15, 0.2) is 89.9 Å². The van der Waals surface area contributed by atoms with E-state index in [0.29, 0.717) is 10.6 Å². The second-order valence-corrected chi connectivity index (χ2v) is 7.78. The summed E-state index contributed by atoms with van der Waals surface area (Å²) >= 11 is 6.64. The lowest BCUT2D eigenvalue weighted by molar-refractivity contribution is 0.833. The molecule has 4 nitrogen and oxygen atoms in total. The first-order valence-corrected chi connectivity index (χ1v) is 10.2. The van der Waals surface area contributed by atoms with E-state index in [4.69, 9.17) is 11.6 Å². The van der Waals surface area contributed by atoms with E-state index in [1.807, 2.05) is 85.9 Å². The van der Waals surface area contributed by atoms with Crippen molar-refractivity contribution < 1.29 is 0 Å². The van der Waals surface area contributed by atoms with E-state index < -0.39 is 0 Å². The fourth-order valence-corrected chi connectivity index (χ4v) is 4.42. The summed E-state index contributed by atoms with van der Waals surface area (Å²) in [6.07, 6.45) is 1.98. The Bertz CT molecular complexity index is 1390. The number of aromatic nitrogens is 3. The molecule has 1 unspecified atom stereocenters. The van der Waals surface area contributed by atoms with Gasteiger partial charge >= 0.3 is 0 Å². The van der Waals surface area contributed by atoms with Crippen molar-refractivity contribution in [2.45, 2.75) is 12.8 Å². The van der Waals surface area contributed by atoms with Gasteiger partial charge in [-0.1, -0.05) is 66.2 Å². The van der Waals surface area contributed by atoms with Crippen LogP contribution in [0.4, 0.5) is 0 Å². The molecule has 0 saturated carbocycles. The number of para-hydroxylation sites is 2. The van der Waals surface area contributed by atoms with E-state index >= 15 is 0 Å². The number of aromatic amines is 2. The Morgan fingerprint density at radius 1 is 0.867 bits per heavy atom. The van der Waals surface area contributed by atoms with Crippen LogP contribution in [0.25, 0.3) is 16.6 Å². The number of halogens is 1. The highest BCUT2D eigenvalue weighted by Gasteiger charge is 2.28. The summed E-state index contributed by atoms with van der Waals surface area (Å²) in [5.74, 6) is -0.302. The number of hydrogen-bond donors (Lipinski definition) is 2. The maximum absolute atomic E-state index is 13.6. The molecule has 148 valence electrons. The Kier molecular flexibility index (Phi) is 4.57. The van der Waals surface area contributed by atoms with Gasteiger partial charge in [-0.25, -0.2) is 4.68 Å². The molecule has 2 aromatic heterocycles. The smallest absolute Gasteiger partial charge is 0.275 e. The largest absolute Gasteiger partial charge is 0.361 e. The summed E-state index contributed by atoms with van der Waals surface area (Å²) in [7, 11) is 0. The van der Waals surface area contributed by atoms with Gasteiger partial charge in [0.1, 0.15) is 0 Å². The first-order valence-electron chi connectivity index (χ1n) is 9.82. The maximum atomic E-state index is 13.6. The highest BCUT2D eigenvalue weighted by Crippen LogP contribution is 2.39. The zero-order valence-corrected chi connectivity index (χ0v) is 17.1. The Morgan fingerprint density at radius 2 is 1.57 bits per heavy atom. The molecule has 1 atom stereocenters. The van der Waals surface area contributed by atoms with E-state index in [1.54, 1.807) is 4.68 Å². The van der Waals surface area contributed by atoms with E-state index in [0.717, 1.165) is 33.4 Å². The normalized spacial score (nSPS) is 12.3. The lowest BCUT2D eigenvalue weighted by Gasteiger charge is -2.18. The van der Waals surface area contributed by atoms with Crippen molar-refractivity contribution in [1.29, 1.82) is 0 Å². The third-order valence-electron chi connectivity index (χ3n) is 5.57. The van der Waals surface area contributed by atoms with Crippen molar-refractivity contribution in [3.8, 4) is 5.69 Å². The summed E-state index contributed by atoms with van der Waals surface area (Å²) in [5, 5.41) is 4.98. The standard InChI is InChI=1S/C25H20ClN3O/c1-16-23(25(30)29(28-16)17-9-3-2-4-10-17)24(19-12-5-7-13-21(19)26)20-15-27-22-14-8-6-11-18(20)22/h2-15,24,27-28H,1H3. The minimum absolute atomic E-state index is 0.0751. The summed E-state index contributed by atoms with van der Waals surface area (Å²) in [5.41, 5.74) is 5.20. The zero-order chi connectivity index (χ0) is 20.7. The number of nitrogens with zero attached hydrogens (tertiary/aromatic N) is 1. The summed E-state index contributed by atoms with van der Waals surface area (Å²) in [6, 6.07) is 25.4. The first-order chi connectivity index (χ1) is 14.6. The van der Waals surface area contributed by atoms with Crippen LogP contribution >= 0.6 is 11.6 Å². The SMILES string of the molecule is Cc1[nH]n(-c2ccccc2)c(=O)c1C(c1ccccc1Cl)c1c[nH]c2ccccc12. The van der Waals surface area contributed by atoms with Gasteiger partial charge in [0, 0.05) is 33.7 Å². The van der Waals surface area contributed by atoms with Gasteiger partial charge in [0.25, 0.3) is 5.56 Å². The van der Waals surface area contributed by atoms with E-state index in [-0.39, 0.29) is 11.5 Å². The predicted molar refractivity (Wildman–Crippen MR) is 122 cm³/mol. The van der Waals surface area contributed by atoms with Crippen molar-refractivity contribution in [1.82, 2.24) is 14.8 Å². The molecule has 5 aromatic rings. The molecule has 0 aliphatic heterocycles. The lowest BCUT2D eigenvalue weighted by atomic mass is 9.85. The third-order valence-corrected chi connectivity index (χ3v) is 5.91. The first kappa shape index (κ1) is 18.5. The van der Waals surface area contributed by atoms with E-state index in [2.05, 4.69) is 16.1 Å². The molecule has 0 fully saturated rings. The molecule has 2 N–H and O–H groups in total. The fraction of sp³-hybridized carbons (Fsp3) is 0.0800. The van der Waals surface area contributed by atoms with Crippen molar-refractivity contribution in [2.24, 2.45) is 0 Å². The van der Waals surface area contributed by atoms with E-state index in [9.17, 15) is 4.79 Å². The van der Waals surface area contributed by atoms with Crippen LogP contribution in [-0.2, 0) is 0 Å². The number of aryl methyl sites for hydroxylation is 1. The number of rotatable bonds is 4. The molecule has 5 rings (SSSR count). The van der Waals surface area contributed by atoms with Crippen LogP contribution in [0, 0.1) is 6.92 Å². The van der Waals surface area contributed by atoms with Crippen molar-refractivity contribution in [3.63, 3.8) is 0 Å². The number of hydrogen-bond acceptors (Lipinski definition) is 1. The quantitative estimate of drug-likeness (QED) is 0.385. The van der Waals surface area contributed by atoms with Gasteiger partial charge in [-0.05, 0) is 42.3 Å². The molecule has 0 amide bonds. The monoisotopic (exact) mass is 413 g/mol. The van der Waals surface area contributed by atoms with Gasteiger partial charge in [0.2, 0.25) is 0 Å². The molecule has 0 bridgehead atoms. The Hall–Kier alpha value is -3.50. The van der Waals surface area contributed by atoms with Crippen molar-refractivity contribution >= 4 is 22.5 Å². The van der Waals surface area contributed by atoms with Crippen molar-refractivity contribution in [2.75, 3.05) is 0 Å². The van der Waals surface area contributed by atoms with Gasteiger partial charge in [-0.15, -0.1) is 0 Å². The van der Waals surface area contributed by atoms with Crippen LogP contribution in [0.1, 0.15) is 28.3 Å². The van der Waals surface area contributed by atoms with Crippen LogP contribution < -0.4 is 5.56 Å². The minimum Gasteiger partial charge on any atom is -0.361 e. The summed E-state index contributed by atoms with van der Waals surface area (Å²) in [6.45, 7) is 1.94. The average Bonchev–Trinajstić information content (AvgIpc) is 3.32. The third kappa shape index (κ3) is 2.97. The van der Waals surface area contributed by atoms with Crippen LogP contribution in [-0.4, -0.2) is 14.8 Å². The number of H-pyrrole nitrogens is 2. The molecule has 2 heterocycles.